The minimum Gasteiger partial charge on any atom is -0.494 e. The second kappa shape index (κ2) is 10.1. The average molecular weight is 502 g/mol. The van der Waals surface area contributed by atoms with Crippen molar-refractivity contribution in [1.82, 2.24) is 14.5 Å². The summed E-state index contributed by atoms with van der Waals surface area (Å²) in [6, 6.07) is 16.2. The third-order valence-corrected chi connectivity index (χ3v) is 7.30. The lowest BCUT2D eigenvalue weighted by molar-refractivity contribution is 0.346. The van der Waals surface area contributed by atoms with E-state index in [1.165, 1.54) is 29.1 Å². The van der Waals surface area contributed by atoms with Crippen LogP contribution in [0.2, 0.25) is 0 Å². The van der Waals surface area contributed by atoms with E-state index < -0.39 is 5.82 Å². The Balaban J connectivity index is 0.00000274. The van der Waals surface area contributed by atoms with Crippen molar-refractivity contribution in [2.24, 2.45) is 0 Å². The summed E-state index contributed by atoms with van der Waals surface area (Å²) in [6.45, 7) is 1.68. The van der Waals surface area contributed by atoms with Crippen LogP contribution in [0.3, 0.4) is 0 Å². The number of fused-ring (bicyclic) bond motifs is 1. The molecule has 178 valence electrons. The van der Waals surface area contributed by atoms with Gasteiger partial charge >= 0.3 is 5.69 Å². The van der Waals surface area contributed by atoms with Gasteiger partial charge in [0.1, 0.15) is 4.70 Å². The Kier molecular flexibility index (Phi) is 7.21. The summed E-state index contributed by atoms with van der Waals surface area (Å²) in [5.41, 5.74) is 1.59. The number of nitrogens with one attached hydrogen (secondary N) is 1. The fraction of sp³-hybridized carbons (Fsp3) is 0.280. The molecule has 2 aromatic heterocycles. The van der Waals surface area contributed by atoms with Crippen LogP contribution in [0.15, 0.2) is 64.2 Å². The maximum atomic E-state index is 14.4. The van der Waals surface area contributed by atoms with E-state index in [1.54, 1.807) is 16.7 Å². The number of benzene rings is 2. The number of hydrogen-bond acceptors (Lipinski definition) is 5. The summed E-state index contributed by atoms with van der Waals surface area (Å²) in [5.74, 6) is -0.334. The minimum atomic E-state index is -0.485. The van der Waals surface area contributed by atoms with E-state index in [0.29, 0.717) is 28.6 Å². The highest BCUT2D eigenvalue weighted by atomic mass is 35.5. The van der Waals surface area contributed by atoms with Gasteiger partial charge in [-0.1, -0.05) is 36.4 Å². The van der Waals surface area contributed by atoms with Gasteiger partial charge in [-0.3, -0.25) is 13.9 Å². The van der Waals surface area contributed by atoms with Gasteiger partial charge in [-0.25, -0.2) is 9.18 Å². The number of thiophene rings is 1. The number of aromatic nitrogens is 2. The van der Waals surface area contributed by atoms with E-state index in [1.807, 2.05) is 36.4 Å². The zero-order valence-corrected chi connectivity index (χ0v) is 20.3. The molecule has 3 heterocycles. The van der Waals surface area contributed by atoms with Gasteiger partial charge in [0.25, 0.3) is 5.56 Å². The van der Waals surface area contributed by atoms with Gasteiger partial charge in [-0.2, -0.15) is 0 Å². The first-order valence-corrected chi connectivity index (χ1v) is 11.8. The minimum absolute atomic E-state index is 0. The summed E-state index contributed by atoms with van der Waals surface area (Å²) in [7, 11) is 1.41. The van der Waals surface area contributed by atoms with Crippen molar-refractivity contribution in [2.45, 2.75) is 25.4 Å². The van der Waals surface area contributed by atoms with E-state index in [4.69, 9.17) is 4.74 Å². The first-order chi connectivity index (χ1) is 16.1. The van der Waals surface area contributed by atoms with E-state index in [2.05, 4.69) is 5.32 Å². The zero-order chi connectivity index (χ0) is 22.9. The number of hydrogen-bond donors (Lipinski definition) is 1. The van der Waals surface area contributed by atoms with Crippen LogP contribution in [0.1, 0.15) is 24.4 Å². The molecule has 1 aliphatic heterocycles. The maximum absolute atomic E-state index is 14.4. The molecule has 0 aliphatic carbocycles. The topological polar surface area (TPSA) is 65.3 Å². The molecule has 0 saturated carbocycles. The number of rotatable bonds is 5. The first kappa shape index (κ1) is 24.2. The van der Waals surface area contributed by atoms with Crippen molar-refractivity contribution in [1.29, 1.82) is 0 Å². The summed E-state index contributed by atoms with van der Waals surface area (Å²) in [5, 5.41) is 3.28. The van der Waals surface area contributed by atoms with E-state index >= 15 is 0 Å². The molecule has 9 heteroatoms. The molecule has 5 rings (SSSR count). The SMILES string of the molecule is COc1ccc(Cn2c(=O)n(C3CCNCC3)c(=O)c3sc(-c4ccccc4)cc32)cc1F.Cl. The Morgan fingerprint density at radius 2 is 1.82 bits per heavy atom. The molecule has 1 N–H and O–H groups in total. The van der Waals surface area contributed by atoms with Crippen LogP contribution < -0.4 is 21.3 Å². The van der Waals surface area contributed by atoms with Crippen molar-refractivity contribution in [2.75, 3.05) is 20.2 Å². The third-order valence-electron chi connectivity index (χ3n) is 6.14. The number of ether oxygens (including phenoxy) is 1. The second-order valence-corrected chi connectivity index (χ2v) is 9.24. The lowest BCUT2D eigenvalue weighted by Gasteiger charge is -2.25. The predicted octanol–water partition coefficient (Wildman–Crippen LogP) is 4.43. The number of nitrogens with zero attached hydrogens (tertiary/aromatic N) is 2. The van der Waals surface area contributed by atoms with Crippen LogP contribution in [0, 0.1) is 5.82 Å². The zero-order valence-electron chi connectivity index (χ0n) is 18.6. The summed E-state index contributed by atoms with van der Waals surface area (Å²) >= 11 is 1.40. The van der Waals surface area contributed by atoms with Gasteiger partial charge in [-0.05, 0) is 55.3 Å². The standard InChI is InChI=1S/C25H24FN3O3S.ClH/c1-32-21-8-7-16(13-19(21)26)15-28-20-14-22(17-5-3-2-4-6-17)33-23(20)24(30)29(25(28)31)18-9-11-27-12-10-18;/h2-8,13-14,18,27H,9-12,15H2,1H3;1H. The van der Waals surface area contributed by atoms with Crippen LogP contribution in [-0.2, 0) is 6.54 Å². The summed E-state index contributed by atoms with van der Waals surface area (Å²) in [4.78, 5) is 28.1. The lowest BCUT2D eigenvalue weighted by Crippen LogP contribution is -2.45. The molecule has 6 nitrogen and oxygen atoms in total. The van der Waals surface area contributed by atoms with Crippen molar-refractivity contribution in [3.05, 3.63) is 86.8 Å². The van der Waals surface area contributed by atoms with Gasteiger partial charge < -0.3 is 10.1 Å². The lowest BCUT2D eigenvalue weighted by atomic mass is 10.1. The fourth-order valence-corrected chi connectivity index (χ4v) is 5.54. The molecule has 1 fully saturated rings. The smallest absolute Gasteiger partial charge is 0.332 e. The molecule has 0 bridgehead atoms. The summed E-state index contributed by atoms with van der Waals surface area (Å²) < 4.78 is 22.9. The maximum Gasteiger partial charge on any atom is 0.332 e. The van der Waals surface area contributed by atoms with E-state index in [9.17, 15) is 14.0 Å². The molecule has 0 atom stereocenters. The van der Waals surface area contributed by atoms with Crippen LogP contribution in [0.25, 0.3) is 20.7 Å². The van der Waals surface area contributed by atoms with E-state index in [0.717, 1.165) is 23.5 Å². The molecule has 0 radical (unpaired) electrons. The molecule has 1 saturated heterocycles. The summed E-state index contributed by atoms with van der Waals surface area (Å²) in [6.07, 6.45) is 1.43. The normalized spacial score (nSPS) is 14.2. The number of methoxy groups -OCH3 is 1. The van der Waals surface area contributed by atoms with Gasteiger partial charge in [0.05, 0.1) is 19.2 Å². The largest absolute Gasteiger partial charge is 0.494 e. The molecular weight excluding hydrogens is 477 g/mol. The van der Waals surface area contributed by atoms with Gasteiger partial charge in [0.2, 0.25) is 0 Å². The van der Waals surface area contributed by atoms with Crippen molar-refractivity contribution < 1.29 is 9.13 Å². The quantitative estimate of drug-likeness (QED) is 0.439. The van der Waals surface area contributed by atoms with Crippen molar-refractivity contribution >= 4 is 34.0 Å². The Hall–Kier alpha value is -2.94. The van der Waals surface area contributed by atoms with Crippen LogP contribution in [-0.4, -0.2) is 29.3 Å². The second-order valence-electron chi connectivity index (χ2n) is 8.18. The van der Waals surface area contributed by atoms with Crippen LogP contribution in [0.4, 0.5) is 4.39 Å². The Labute approximate surface area is 206 Å². The Morgan fingerprint density at radius 1 is 1.09 bits per heavy atom. The Bertz CT molecular complexity index is 1430. The highest BCUT2D eigenvalue weighted by Gasteiger charge is 2.24. The van der Waals surface area contributed by atoms with Crippen molar-refractivity contribution in [3.63, 3.8) is 0 Å². The molecule has 4 aromatic rings. The molecule has 2 aromatic carbocycles. The van der Waals surface area contributed by atoms with Crippen molar-refractivity contribution in [3.8, 4) is 16.2 Å². The van der Waals surface area contributed by atoms with Gasteiger partial charge in [0, 0.05) is 10.9 Å². The highest BCUT2D eigenvalue weighted by molar-refractivity contribution is 7.22. The molecule has 0 amide bonds. The average Bonchev–Trinajstić information content (AvgIpc) is 3.29. The number of piperidine rings is 1. The van der Waals surface area contributed by atoms with Gasteiger partial charge in [0.15, 0.2) is 11.6 Å². The number of halogens is 2. The highest BCUT2D eigenvalue weighted by Crippen LogP contribution is 2.32. The molecule has 1 aliphatic rings. The fourth-order valence-electron chi connectivity index (χ4n) is 4.44. The third kappa shape index (κ3) is 4.41. The molecule has 0 spiro atoms. The molecule has 0 unspecified atom stereocenters. The van der Waals surface area contributed by atoms with E-state index in [-0.39, 0.29) is 42.0 Å². The molecule has 34 heavy (non-hydrogen) atoms. The monoisotopic (exact) mass is 501 g/mol. The molecular formula is C25H25ClFN3O3S. The van der Waals surface area contributed by atoms with Gasteiger partial charge in [-0.15, -0.1) is 23.7 Å². The predicted molar refractivity (Wildman–Crippen MR) is 136 cm³/mol. The van der Waals surface area contributed by atoms with Crippen LogP contribution in [0.5, 0.6) is 5.75 Å². The Morgan fingerprint density at radius 3 is 2.50 bits per heavy atom. The van der Waals surface area contributed by atoms with Crippen LogP contribution >= 0.6 is 23.7 Å². The first-order valence-electron chi connectivity index (χ1n) is 10.9.